The topological polar surface area (TPSA) is 89.1 Å². The maximum Gasteiger partial charge on any atom is 0.323 e. The molecule has 1 aromatic heterocycles. The van der Waals surface area contributed by atoms with Gasteiger partial charge in [0.1, 0.15) is 11.5 Å². The molecule has 32 heavy (non-hydrogen) atoms. The fourth-order valence-corrected chi connectivity index (χ4v) is 3.63. The van der Waals surface area contributed by atoms with Crippen LogP contribution in [-0.2, 0) is 0 Å². The van der Waals surface area contributed by atoms with E-state index in [1.165, 1.54) is 0 Å². The van der Waals surface area contributed by atoms with Gasteiger partial charge in [-0.3, -0.25) is 5.32 Å². The first-order valence-corrected chi connectivity index (χ1v) is 10.5. The Labute approximate surface area is 186 Å². The number of methoxy groups -OCH3 is 2. The predicted molar refractivity (Wildman–Crippen MR) is 123 cm³/mol. The third-order valence-electron chi connectivity index (χ3n) is 5.31. The summed E-state index contributed by atoms with van der Waals surface area (Å²) in [6, 6.07) is 13.1. The second-order valence-electron chi connectivity index (χ2n) is 7.27. The van der Waals surface area contributed by atoms with Gasteiger partial charge in [0.05, 0.1) is 31.9 Å². The van der Waals surface area contributed by atoms with Gasteiger partial charge in [-0.1, -0.05) is 12.1 Å². The number of aromatic nitrogens is 2. The number of nitrogens with one attached hydrogen (secondary N) is 1. The van der Waals surface area contributed by atoms with Crippen LogP contribution < -0.4 is 24.4 Å². The smallest absolute Gasteiger partial charge is 0.323 e. The van der Waals surface area contributed by atoms with Gasteiger partial charge in [0, 0.05) is 50.1 Å². The summed E-state index contributed by atoms with van der Waals surface area (Å²) >= 11 is 0. The van der Waals surface area contributed by atoms with Crippen molar-refractivity contribution in [2.45, 2.75) is 6.92 Å². The van der Waals surface area contributed by atoms with Gasteiger partial charge in [0.2, 0.25) is 0 Å². The van der Waals surface area contributed by atoms with Gasteiger partial charge in [0.25, 0.3) is 5.88 Å². The third-order valence-corrected chi connectivity index (χ3v) is 5.31. The zero-order valence-corrected chi connectivity index (χ0v) is 18.5. The van der Waals surface area contributed by atoms with Crippen LogP contribution >= 0.6 is 0 Å². The van der Waals surface area contributed by atoms with Gasteiger partial charge >= 0.3 is 6.03 Å². The number of benzene rings is 2. The average molecular weight is 438 g/mol. The van der Waals surface area contributed by atoms with Crippen LogP contribution in [-0.4, -0.2) is 67.9 Å². The lowest BCUT2D eigenvalue weighted by molar-refractivity contribution is 0.208. The van der Waals surface area contributed by atoms with Crippen molar-refractivity contribution in [1.29, 1.82) is 0 Å². The minimum absolute atomic E-state index is 0.224. The van der Waals surface area contributed by atoms with Crippen molar-refractivity contribution in [2.75, 3.05) is 57.2 Å². The molecule has 1 fully saturated rings. The van der Waals surface area contributed by atoms with Crippen LogP contribution in [0.4, 0.5) is 16.3 Å². The molecule has 9 heteroatoms. The van der Waals surface area contributed by atoms with Crippen LogP contribution in [0.3, 0.4) is 0 Å². The summed E-state index contributed by atoms with van der Waals surface area (Å²) in [4.78, 5) is 25.9. The first kappa shape index (κ1) is 21.5. The highest BCUT2D eigenvalue weighted by Gasteiger charge is 2.24. The Morgan fingerprint density at radius 1 is 0.969 bits per heavy atom. The molecule has 0 unspecified atom stereocenters. The molecular weight excluding hydrogens is 410 g/mol. The molecule has 2 heterocycles. The highest BCUT2D eigenvalue weighted by atomic mass is 16.5. The van der Waals surface area contributed by atoms with Crippen molar-refractivity contribution >= 4 is 28.6 Å². The number of urea groups is 1. The minimum atomic E-state index is -0.224. The lowest BCUT2D eigenvalue weighted by Crippen LogP contribution is -2.50. The van der Waals surface area contributed by atoms with E-state index in [0.29, 0.717) is 50.0 Å². The summed E-state index contributed by atoms with van der Waals surface area (Å²) in [6.07, 6.45) is 0. The molecule has 4 rings (SSSR count). The molecule has 1 aliphatic heterocycles. The number of carbonyl (C=O) groups excluding carboxylic acids is 1. The third kappa shape index (κ3) is 4.61. The lowest BCUT2D eigenvalue weighted by Gasteiger charge is -2.36. The summed E-state index contributed by atoms with van der Waals surface area (Å²) in [7, 11) is 3.26. The van der Waals surface area contributed by atoms with E-state index in [-0.39, 0.29) is 6.03 Å². The number of anilines is 2. The normalized spacial score (nSPS) is 13.7. The molecule has 0 saturated carbocycles. The van der Waals surface area contributed by atoms with Crippen LogP contribution in [0.1, 0.15) is 6.92 Å². The van der Waals surface area contributed by atoms with E-state index in [9.17, 15) is 4.79 Å². The Balaban J connectivity index is 1.45. The van der Waals surface area contributed by atoms with Gasteiger partial charge < -0.3 is 24.0 Å². The molecule has 0 bridgehead atoms. The molecule has 2 aromatic carbocycles. The molecular formula is C23H27N5O4. The van der Waals surface area contributed by atoms with Crippen molar-refractivity contribution in [3.05, 3.63) is 42.5 Å². The largest absolute Gasteiger partial charge is 0.497 e. The van der Waals surface area contributed by atoms with E-state index in [1.807, 2.05) is 49.4 Å². The molecule has 0 radical (unpaired) electrons. The Hall–Kier alpha value is -3.75. The number of hydrogen-bond donors (Lipinski definition) is 1. The number of carbonyl (C=O) groups is 1. The number of ether oxygens (including phenoxy) is 3. The Bertz CT molecular complexity index is 1080. The summed E-state index contributed by atoms with van der Waals surface area (Å²) < 4.78 is 16.4. The number of para-hydroxylation sites is 2. The van der Waals surface area contributed by atoms with Gasteiger partial charge in [0.15, 0.2) is 5.82 Å². The van der Waals surface area contributed by atoms with Crippen molar-refractivity contribution < 1.29 is 19.0 Å². The highest BCUT2D eigenvalue weighted by molar-refractivity contribution is 5.91. The summed E-state index contributed by atoms with van der Waals surface area (Å²) in [5.41, 5.74) is 2.42. The lowest BCUT2D eigenvalue weighted by atomic mass is 10.2. The number of amides is 2. The van der Waals surface area contributed by atoms with Crippen LogP contribution in [0.15, 0.2) is 42.5 Å². The van der Waals surface area contributed by atoms with E-state index < -0.39 is 0 Å². The number of piperazine rings is 1. The maximum absolute atomic E-state index is 12.9. The first-order chi connectivity index (χ1) is 15.6. The van der Waals surface area contributed by atoms with Crippen molar-refractivity contribution in [3.8, 4) is 17.4 Å². The Kier molecular flexibility index (Phi) is 6.44. The monoisotopic (exact) mass is 437 g/mol. The van der Waals surface area contributed by atoms with Gasteiger partial charge in [-0.25, -0.2) is 14.8 Å². The zero-order chi connectivity index (χ0) is 22.5. The van der Waals surface area contributed by atoms with E-state index in [1.54, 1.807) is 19.1 Å². The van der Waals surface area contributed by atoms with Gasteiger partial charge in [-0.2, -0.15) is 0 Å². The van der Waals surface area contributed by atoms with E-state index in [4.69, 9.17) is 14.2 Å². The summed E-state index contributed by atoms with van der Waals surface area (Å²) in [6.45, 7) is 4.80. The maximum atomic E-state index is 12.9. The molecule has 0 aliphatic carbocycles. The predicted octanol–water partition coefficient (Wildman–Crippen LogP) is 3.40. The SMILES string of the molecule is CCOc1nc2ccccc2nc1NC(=O)N1CCN(c2cc(OC)cc(OC)c2)CC1. The van der Waals surface area contributed by atoms with Crippen molar-refractivity contribution in [1.82, 2.24) is 14.9 Å². The highest BCUT2D eigenvalue weighted by Crippen LogP contribution is 2.29. The Morgan fingerprint density at radius 3 is 2.19 bits per heavy atom. The van der Waals surface area contributed by atoms with E-state index >= 15 is 0 Å². The molecule has 3 aromatic rings. The molecule has 9 nitrogen and oxygen atoms in total. The van der Waals surface area contributed by atoms with E-state index in [2.05, 4.69) is 20.2 Å². The van der Waals surface area contributed by atoms with Crippen LogP contribution in [0, 0.1) is 0 Å². The fourth-order valence-electron chi connectivity index (χ4n) is 3.63. The summed E-state index contributed by atoms with van der Waals surface area (Å²) in [5.74, 6) is 2.12. The Morgan fingerprint density at radius 2 is 1.59 bits per heavy atom. The van der Waals surface area contributed by atoms with E-state index in [0.717, 1.165) is 22.7 Å². The van der Waals surface area contributed by atoms with Crippen molar-refractivity contribution in [2.24, 2.45) is 0 Å². The van der Waals surface area contributed by atoms with Crippen molar-refractivity contribution in [3.63, 3.8) is 0 Å². The van der Waals surface area contributed by atoms with Crippen LogP contribution in [0.5, 0.6) is 17.4 Å². The van der Waals surface area contributed by atoms with Gasteiger partial charge in [-0.05, 0) is 19.1 Å². The molecule has 1 saturated heterocycles. The fraction of sp³-hybridized carbons (Fsp3) is 0.348. The second kappa shape index (κ2) is 9.59. The second-order valence-corrected chi connectivity index (χ2v) is 7.27. The molecule has 1 N–H and O–H groups in total. The quantitative estimate of drug-likeness (QED) is 0.632. The zero-order valence-electron chi connectivity index (χ0n) is 18.5. The minimum Gasteiger partial charge on any atom is -0.497 e. The molecule has 0 atom stereocenters. The molecule has 168 valence electrons. The summed E-state index contributed by atoms with van der Waals surface area (Å²) in [5, 5.41) is 2.88. The molecule has 0 spiro atoms. The number of nitrogens with zero attached hydrogens (tertiary/aromatic N) is 4. The van der Waals surface area contributed by atoms with Crippen LogP contribution in [0.2, 0.25) is 0 Å². The number of hydrogen-bond acceptors (Lipinski definition) is 7. The van der Waals surface area contributed by atoms with Crippen LogP contribution in [0.25, 0.3) is 11.0 Å². The number of fused-ring (bicyclic) bond motifs is 1. The standard InChI is InChI=1S/C23H27N5O4/c1-4-32-22-21(24-19-7-5-6-8-20(19)25-22)26-23(29)28-11-9-27(10-12-28)16-13-17(30-2)15-18(14-16)31-3/h5-8,13-15H,4,9-12H2,1-3H3,(H,24,26,29). The molecule has 1 aliphatic rings. The first-order valence-electron chi connectivity index (χ1n) is 10.5. The average Bonchev–Trinajstić information content (AvgIpc) is 2.84. The van der Waals surface area contributed by atoms with Gasteiger partial charge in [-0.15, -0.1) is 0 Å². The number of rotatable bonds is 6. The molecule has 2 amide bonds.